The highest BCUT2D eigenvalue weighted by Crippen LogP contribution is 2.23. The second kappa shape index (κ2) is 9.20. The molecule has 3 aromatic rings. The van der Waals surface area contributed by atoms with Gasteiger partial charge in [0, 0.05) is 32.3 Å². The number of hydrogen-bond acceptors (Lipinski definition) is 7. The van der Waals surface area contributed by atoms with Gasteiger partial charge in [-0.25, -0.2) is 9.78 Å². The summed E-state index contributed by atoms with van der Waals surface area (Å²) >= 11 is 0. The Bertz CT molecular complexity index is 1240. The lowest BCUT2D eigenvalue weighted by molar-refractivity contribution is 0.0729. The summed E-state index contributed by atoms with van der Waals surface area (Å²) in [7, 11) is 0. The number of pyridine rings is 2. The summed E-state index contributed by atoms with van der Waals surface area (Å²) in [6.07, 6.45) is 4.97. The zero-order chi connectivity index (χ0) is 23.7. The van der Waals surface area contributed by atoms with Gasteiger partial charge in [0.25, 0.3) is 5.91 Å². The van der Waals surface area contributed by atoms with Crippen molar-refractivity contribution < 1.29 is 14.3 Å². The van der Waals surface area contributed by atoms with E-state index < -0.39 is 0 Å². The summed E-state index contributed by atoms with van der Waals surface area (Å²) in [5, 5.41) is 11.4. The minimum atomic E-state index is -0.363. The molecule has 0 aromatic carbocycles. The van der Waals surface area contributed by atoms with E-state index in [0.717, 1.165) is 42.8 Å². The summed E-state index contributed by atoms with van der Waals surface area (Å²) in [6, 6.07) is 7.17. The fourth-order valence-corrected chi connectivity index (χ4v) is 4.30. The van der Waals surface area contributed by atoms with Gasteiger partial charge < -0.3 is 19.5 Å². The zero-order valence-corrected chi connectivity index (χ0v) is 19.3. The molecule has 2 amide bonds. The minimum absolute atomic E-state index is 0.181. The maximum atomic E-state index is 12.9. The molecule has 176 valence electrons. The number of hydrogen-bond donors (Lipinski definition) is 1. The number of anilines is 1. The van der Waals surface area contributed by atoms with Crippen molar-refractivity contribution in [3.8, 4) is 11.5 Å². The van der Waals surface area contributed by atoms with Gasteiger partial charge in [-0.05, 0) is 62.4 Å². The number of ether oxygens (including phenoxy) is 1. The van der Waals surface area contributed by atoms with Gasteiger partial charge in [-0.1, -0.05) is 6.07 Å². The van der Waals surface area contributed by atoms with Crippen LogP contribution in [0.1, 0.15) is 54.1 Å². The number of nitrogens with one attached hydrogen (secondary N) is 1. The topological polar surface area (TPSA) is 115 Å². The van der Waals surface area contributed by atoms with Crippen molar-refractivity contribution in [3.63, 3.8) is 0 Å². The molecule has 5 rings (SSSR count). The third-order valence-electron chi connectivity index (χ3n) is 6.00. The van der Waals surface area contributed by atoms with E-state index in [-0.39, 0.29) is 23.8 Å². The number of amides is 2. The van der Waals surface area contributed by atoms with Gasteiger partial charge in [-0.15, -0.1) is 10.2 Å². The molecule has 0 fully saturated rings. The normalized spacial score (nSPS) is 15.0. The predicted octanol–water partition coefficient (Wildman–Crippen LogP) is 3.23. The number of aryl methyl sites for hydroxylation is 1. The Kier molecular flexibility index (Phi) is 5.95. The highest BCUT2D eigenvalue weighted by molar-refractivity contribution is 6.02. The Balaban J connectivity index is 1.31. The second-order valence-corrected chi connectivity index (χ2v) is 8.85. The molecule has 0 bridgehead atoms. The molecule has 2 aliphatic heterocycles. The van der Waals surface area contributed by atoms with E-state index in [1.807, 2.05) is 26.0 Å². The van der Waals surface area contributed by atoms with Crippen molar-refractivity contribution >= 4 is 17.8 Å². The molecule has 1 N–H and O–H groups in total. The van der Waals surface area contributed by atoms with Gasteiger partial charge in [0.05, 0.1) is 6.10 Å². The number of aromatic nitrogens is 5. The lowest BCUT2D eigenvalue weighted by atomic mass is 10.0. The zero-order valence-electron chi connectivity index (χ0n) is 19.3. The third kappa shape index (κ3) is 4.48. The molecular weight excluding hydrogens is 434 g/mol. The molecule has 3 aromatic heterocycles. The van der Waals surface area contributed by atoms with E-state index in [9.17, 15) is 9.59 Å². The molecule has 5 heterocycles. The number of fused-ring (bicyclic) bond motifs is 2. The Morgan fingerprint density at radius 2 is 1.97 bits per heavy atom. The lowest BCUT2D eigenvalue weighted by Crippen LogP contribution is -2.37. The van der Waals surface area contributed by atoms with Crippen molar-refractivity contribution in [1.29, 1.82) is 0 Å². The predicted molar refractivity (Wildman–Crippen MR) is 124 cm³/mol. The SMILES string of the molecule is CC(C)OC(=O)N1CCc2cnc(C(=O)Nc3cccc(-c4nnc5n4CCCC5)n3)cc2C1. The van der Waals surface area contributed by atoms with E-state index >= 15 is 0 Å². The van der Waals surface area contributed by atoms with Crippen molar-refractivity contribution in [2.75, 3.05) is 11.9 Å². The lowest BCUT2D eigenvalue weighted by Gasteiger charge is -2.28. The number of nitrogens with zero attached hydrogens (tertiary/aromatic N) is 6. The van der Waals surface area contributed by atoms with Crippen molar-refractivity contribution in [2.24, 2.45) is 0 Å². The van der Waals surface area contributed by atoms with E-state index in [2.05, 4.69) is 30.0 Å². The van der Waals surface area contributed by atoms with E-state index in [0.29, 0.717) is 36.8 Å². The fourth-order valence-electron chi connectivity index (χ4n) is 4.30. The van der Waals surface area contributed by atoms with Crippen LogP contribution in [0, 0.1) is 0 Å². The summed E-state index contributed by atoms with van der Waals surface area (Å²) in [4.78, 5) is 35.8. The highest BCUT2D eigenvalue weighted by Gasteiger charge is 2.24. The van der Waals surface area contributed by atoms with Crippen molar-refractivity contribution in [2.45, 2.75) is 58.7 Å². The molecule has 2 aliphatic rings. The summed E-state index contributed by atoms with van der Waals surface area (Å²) in [5.41, 5.74) is 2.85. The molecule has 0 atom stereocenters. The van der Waals surface area contributed by atoms with Crippen LogP contribution < -0.4 is 5.32 Å². The van der Waals surface area contributed by atoms with Crippen LogP contribution >= 0.6 is 0 Å². The first kappa shape index (κ1) is 22.0. The van der Waals surface area contributed by atoms with Crippen LogP contribution in [0.15, 0.2) is 30.5 Å². The van der Waals surface area contributed by atoms with Crippen LogP contribution in [0.4, 0.5) is 10.6 Å². The molecule has 0 spiro atoms. The van der Waals surface area contributed by atoms with Gasteiger partial charge in [-0.3, -0.25) is 9.78 Å². The van der Waals surface area contributed by atoms with Crippen LogP contribution in [0.25, 0.3) is 11.5 Å². The van der Waals surface area contributed by atoms with E-state index in [1.54, 1.807) is 23.2 Å². The van der Waals surface area contributed by atoms with Crippen molar-refractivity contribution in [3.05, 3.63) is 53.1 Å². The molecule has 0 unspecified atom stereocenters. The minimum Gasteiger partial charge on any atom is -0.447 e. The largest absolute Gasteiger partial charge is 0.447 e. The molecule has 0 saturated heterocycles. The maximum absolute atomic E-state index is 12.9. The summed E-state index contributed by atoms with van der Waals surface area (Å²) in [6.45, 7) is 5.47. The van der Waals surface area contributed by atoms with E-state index in [4.69, 9.17) is 4.74 Å². The monoisotopic (exact) mass is 461 g/mol. The molecular formula is C24H27N7O3. The average Bonchev–Trinajstić information content (AvgIpc) is 3.27. The van der Waals surface area contributed by atoms with Crippen LogP contribution in [0.3, 0.4) is 0 Å². The Morgan fingerprint density at radius 3 is 2.82 bits per heavy atom. The molecule has 34 heavy (non-hydrogen) atoms. The smallest absolute Gasteiger partial charge is 0.410 e. The first-order valence-corrected chi connectivity index (χ1v) is 11.6. The Labute approximate surface area is 197 Å². The average molecular weight is 462 g/mol. The van der Waals surface area contributed by atoms with Gasteiger partial charge in [0.2, 0.25) is 0 Å². The quantitative estimate of drug-likeness (QED) is 0.634. The van der Waals surface area contributed by atoms with Crippen LogP contribution in [-0.2, 0) is 30.7 Å². The van der Waals surface area contributed by atoms with Crippen LogP contribution in [0.5, 0.6) is 0 Å². The fraction of sp³-hybridized carbons (Fsp3) is 0.417. The molecule has 0 aliphatic carbocycles. The number of carbonyl (C=O) groups is 2. The number of rotatable bonds is 4. The first-order valence-electron chi connectivity index (χ1n) is 11.6. The molecule has 10 heteroatoms. The van der Waals surface area contributed by atoms with Gasteiger partial charge >= 0.3 is 6.09 Å². The second-order valence-electron chi connectivity index (χ2n) is 8.85. The Morgan fingerprint density at radius 1 is 1.09 bits per heavy atom. The standard InChI is InChI=1S/C24H27N7O3/c1-15(2)34-24(33)30-11-9-16-13-25-19(12-17(16)14-30)23(32)27-20-7-5-6-18(26-20)22-29-28-21-8-3-4-10-31(21)22/h5-7,12-13,15H,3-4,8-11,14H2,1-2H3,(H,26,27,32). The summed E-state index contributed by atoms with van der Waals surface area (Å²) in [5.74, 6) is 1.74. The maximum Gasteiger partial charge on any atom is 0.410 e. The van der Waals surface area contributed by atoms with Gasteiger partial charge in [-0.2, -0.15) is 0 Å². The molecule has 0 saturated carbocycles. The van der Waals surface area contributed by atoms with Gasteiger partial charge in [0.15, 0.2) is 5.82 Å². The Hall–Kier alpha value is -3.82. The van der Waals surface area contributed by atoms with Crippen molar-refractivity contribution in [1.82, 2.24) is 29.6 Å². The third-order valence-corrected chi connectivity index (χ3v) is 6.00. The van der Waals surface area contributed by atoms with E-state index in [1.165, 1.54) is 0 Å². The number of carbonyl (C=O) groups excluding carboxylic acids is 2. The first-order chi connectivity index (χ1) is 16.5. The van der Waals surface area contributed by atoms with Gasteiger partial charge in [0.1, 0.15) is 23.0 Å². The highest BCUT2D eigenvalue weighted by atomic mass is 16.6. The molecule has 0 radical (unpaired) electrons. The van der Waals surface area contributed by atoms with Crippen LogP contribution in [0.2, 0.25) is 0 Å². The summed E-state index contributed by atoms with van der Waals surface area (Å²) < 4.78 is 7.41. The van der Waals surface area contributed by atoms with Crippen LogP contribution in [-0.4, -0.2) is 54.3 Å². The molecule has 10 nitrogen and oxygen atoms in total.